The first-order valence-corrected chi connectivity index (χ1v) is 8.70. The molecule has 120 valence electrons. The van der Waals surface area contributed by atoms with E-state index >= 15 is 0 Å². The number of rotatable bonds is 4. The van der Waals surface area contributed by atoms with Gasteiger partial charge in [-0.15, -0.1) is 6.58 Å². The summed E-state index contributed by atoms with van der Waals surface area (Å²) in [4.78, 5) is 0. The van der Waals surface area contributed by atoms with Gasteiger partial charge in [-0.2, -0.15) is 0 Å². The summed E-state index contributed by atoms with van der Waals surface area (Å²) in [6.07, 6.45) is 10.0. The van der Waals surface area contributed by atoms with Crippen molar-refractivity contribution in [1.82, 2.24) is 0 Å². The highest BCUT2D eigenvalue weighted by Crippen LogP contribution is 2.62. The van der Waals surface area contributed by atoms with Crippen molar-refractivity contribution in [3.05, 3.63) is 24.8 Å². The second kappa shape index (κ2) is 5.57. The second-order valence-corrected chi connectivity index (χ2v) is 8.47. The third-order valence-electron chi connectivity index (χ3n) is 7.18. The molecule has 2 aliphatic rings. The van der Waals surface area contributed by atoms with Crippen LogP contribution in [0.2, 0.25) is 0 Å². The van der Waals surface area contributed by atoms with Gasteiger partial charge in [0.05, 0.1) is 5.60 Å². The van der Waals surface area contributed by atoms with Gasteiger partial charge in [-0.05, 0) is 74.5 Å². The zero-order chi connectivity index (χ0) is 15.9. The molecule has 0 saturated heterocycles. The first-order chi connectivity index (χ1) is 9.66. The molecule has 0 aromatic rings. The largest absolute Gasteiger partial charge is 0.386 e. The molecule has 1 heteroatoms. The first-order valence-electron chi connectivity index (χ1n) is 8.70. The van der Waals surface area contributed by atoms with E-state index < -0.39 is 5.60 Å². The van der Waals surface area contributed by atoms with Gasteiger partial charge in [-0.1, -0.05) is 39.0 Å². The van der Waals surface area contributed by atoms with Crippen molar-refractivity contribution in [1.29, 1.82) is 0 Å². The van der Waals surface area contributed by atoms with Crippen LogP contribution < -0.4 is 0 Å². The average molecular weight is 290 g/mol. The van der Waals surface area contributed by atoms with Crippen LogP contribution in [0.1, 0.15) is 72.6 Å². The van der Waals surface area contributed by atoms with E-state index in [-0.39, 0.29) is 0 Å². The predicted molar refractivity (Wildman–Crippen MR) is 91.1 cm³/mol. The average Bonchev–Trinajstić information content (AvgIpc) is 2.44. The standard InChI is InChI=1S/C20H34O/c1-7-18(4,21)13-14-20(6)16(3)11-12-19(5)15(2)9-8-10-17(19)20/h7,16-17,21H,1-2,8-14H2,3-6H3/t16-,17+,18?,19+,20+/m1/s1. The molecule has 2 fully saturated rings. The number of hydrogen-bond donors (Lipinski definition) is 1. The SMILES string of the molecule is C=CC(C)(O)CC[C@@]1(C)[C@H](C)CC[C@@]2(C)C(=C)CCC[C@H]12. The molecular weight excluding hydrogens is 256 g/mol. The van der Waals surface area contributed by atoms with E-state index in [1.54, 1.807) is 6.08 Å². The third kappa shape index (κ3) is 2.86. The van der Waals surface area contributed by atoms with E-state index in [0.29, 0.717) is 10.8 Å². The van der Waals surface area contributed by atoms with Gasteiger partial charge >= 0.3 is 0 Å². The molecule has 1 unspecified atom stereocenters. The van der Waals surface area contributed by atoms with Gasteiger partial charge in [0.1, 0.15) is 0 Å². The molecule has 0 aromatic carbocycles. The minimum Gasteiger partial charge on any atom is -0.386 e. The third-order valence-corrected chi connectivity index (χ3v) is 7.18. The van der Waals surface area contributed by atoms with Crippen LogP contribution in [0.25, 0.3) is 0 Å². The molecule has 21 heavy (non-hydrogen) atoms. The molecule has 0 heterocycles. The summed E-state index contributed by atoms with van der Waals surface area (Å²) in [5, 5.41) is 10.3. The van der Waals surface area contributed by atoms with Crippen molar-refractivity contribution >= 4 is 0 Å². The van der Waals surface area contributed by atoms with Gasteiger partial charge < -0.3 is 5.11 Å². The normalized spacial score (nSPS) is 43.0. The van der Waals surface area contributed by atoms with Gasteiger partial charge in [0.2, 0.25) is 0 Å². The Balaban J connectivity index is 2.25. The lowest BCUT2D eigenvalue weighted by Crippen LogP contribution is -2.50. The fourth-order valence-corrected chi connectivity index (χ4v) is 5.01. The van der Waals surface area contributed by atoms with E-state index in [4.69, 9.17) is 0 Å². The van der Waals surface area contributed by atoms with Crippen molar-refractivity contribution in [2.24, 2.45) is 22.7 Å². The van der Waals surface area contributed by atoms with E-state index in [9.17, 15) is 5.11 Å². The van der Waals surface area contributed by atoms with Gasteiger partial charge in [-0.3, -0.25) is 0 Å². The van der Waals surface area contributed by atoms with Crippen molar-refractivity contribution < 1.29 is 5.11 Å². The lowest BCUT2D eigenvalue weighted by molar-refractivity contribution is -0.0649. The van der Waals surface area contributed by atoms with Crippen LogP contribution in [-0.4, -0.2) is 10.7 Å². The fraction of sp³-hybridized carbons (Fsp3) is 0.800. The number of allylic oxidation sites excluding steroid dienone is 1. The topological polar surface area (TPSA) is 20.2 Å². The smallest absolute Gasteiger partial charge is 0.0797 e. The molecule has 0 bridgehead atoms. The molecule has 2 rings (SSSR count). The van der Waals surface area contributed by atoms with Crippen LogP contribution in [-0.2, 0) is 0 Å². The highest BCUT2D eigenvalue weighted by atomic mass is 16.3. The Kier molecular flexibility index (Phi) is 4.46. The summed E-state index contributed by atoms with van der Waals surface area (Å²) in [5.41, 5.74) is 1.37. The van der Waals surface area contributed by atoms with Gasteiger partial charge in [0, 0.05) is 0 Å². The van der Waals surface area contributed by atoms with E-state index in [2.05, 4.69) is 33.9 Å². The van der Waals surface area contributed by atoms with Crippen molar-refractivity contribution in [2.75, 3.05) is 0 Å². The summed E-state index contributed by atoms with van der Waals surface area (Å²) in [5.74, 6) is 1.44. The maximum Gasteiger partial charge on any atom is 0.0797 e. The Labute approximate surface area is 131 Å². The lowest BCUT2D eigenvalue weighted by atomic mass is 9.46. The Morgan fingerprint density at radius 2 is 2.05 bits per heavy atom. The van der Waals surface area contributed by atoms with Crippen molar-refractivity contribution in [3.8, 4) is 0 Å². The monoisotopic (exact) mass is 290 g/mol. The number of hydrogen-bond acceptors (Lipinski definition) is 1. The van der Waals surface area contributed by atoms with Crippen molar-refractivity contribution in [3.63, 3.8) is 0 Å². The lowest BCUT2D eigenvalue weighted by Gasteiger charge is -2.59. The minimum atomic E-state index is -0.734. The molecule has 1 N–H and O–H groups in total. The summed E-state index contributed by atoms with van der Waals surface area (Å²) in [6.45, 7) is 17.4. The van der Waals surface area contributed by atoms with Crippen LogP contribution in [0.4, 0.5) is 0 Å². The van der Waals surface area contributed by atoms with E-state index in [1.165, 1.54) is 37.7 Å². The highest BCUT2D eigenvalue weighted by Gasteiger charge is 2.53. The van der Waals surface area contributed by atoms with Crippen LogP contribution in [0.5, 0.6) is 0 Å². The molecule has 0 spiro atoms. The first kappa shape index (κ1) is 16.8. The van der Waals surface area contributed by atoms with Crippen LogP contribution >= 0.6 is 0 Å². The Morgan fingerprint density at radius 1 is 1.38 bits per heavy atom. The van der Waals surface area contributed by atoms with Gasteiger partial charge in [0.15, 0.2) is 0 Å². The molecule has 1 nitrogen and oxygen atoms in total. The van der Waals surface area contributed by atoms with Crippen LogP contribution in [0, 0.1) is 22.7 Å². The van der Waals surface area contributed by atoms with E-state index in [0.717, 1.165) is 24.7 Å². The maximum atomic E-state index is 10.3. The number of aliphatic hydroxyl groups is 1. The van der Waals surface area contributed by atoms with Gasteiger partial charge in [0.25, 0.3) is 0 Å². The van der Waals surface area contributed by atoms with E-state index in [1.807, 2.05) is 6.92 Å². The quantitative estimate of drug-likeness (QED) is 0.678. The summed E-state index contributed by atoms with van der Waals surface area (Å²) in [7, 11) is 0. The molecule has 2 aliphatic carbocycles. The molecule has 5 atom stereocenters. The molecule has 0 aromatic heterocycles. The Bertz CT molecular complexity index is 422. The molecular formula is C20H34O. The Morgan fingerprint density at radius 3 is 2.67 bits per heavy atom. The summed E-state index contributed by atoms with van der Waals surface area (Å²) < 4.78 is 0. The zero-order valence-electron chi connectivity index (χ0n) is 14.5. The second-order valence-electron chi connectivity index (χ2n) is 8.47. The minimum absolute atomic E-state index is 0.309. The van der Waals surface area contributed by atoms with Gasteiger partial charge in [-0.25, -0.2) is 0 Å². The summed E-state index contributed by atoms with van der Waals surface area (Å²) in [6, 6.07) is 0. The Hall–Kier alpha value is -0.560. The predicted octanol–water partition coefficient (Wildman–Crippen LogP) is 5.50. The maximum absolute atomic E-state index is 10.3. The number of fused-ring (bicyclic) bond motifs is 1. The summed E-state index contributed by atoms with van der Waals surface area (Å²) >= 11 is 0. The molecule has 0 amide bonds. The molecule has 2 saturated carbocycles. The molecule has 0 aliphatic heterocycles. The fourth-order valence-electron chi connectivity index (χ4n) is 5.01. The van der Waals surface area contributed by atoms with Crippen LogP contribution in [0.3, 0.4) is 0 Å². The molecule has 0 radical (unpaired) electrons. The zero-order valence-corrected chi connectivity index (χ0v) is 14.5. The van der Waals surface area contributed by atoms with Crippen LogP contribution in [0.15, 0.2) is 24.8 Å². The highest BCUT2D eigenvalue weighted by molar-refractivity contribution is 5.19. The van der Waals surface area contributed by atoms with Crippen molar-refractivity contribution in [2.45, 2.75) is 78.2 Å².